The van der Waals surface area contributed by atoms with Gasteiger partial charge in [-0.1, -0.05) is 42.5 Å². The molecule has 32 heavy (non-hydrogen) atoms. The van der Waals surface area contributed by atoms with Crippen molar-refractivity contribution in [1.82, 2.24) is 9.88 Å². The van der Waals surface area contributed by atoms with Crippen LogP contribution < -0.4 is 5.32 Å². The van der Waals surface area contributed by atoms with Crippen LogP contribution in [0.5, 0.6) is 0 Å². The second-order valence-corrected chi connectivity index (χ2v) is 8.39. The van der Waals surface area contributed by atoms with Crippen molar-refractivity contribution in [3.63, 3.8) is 0 Å². The molecule has 9 heteroatoms. The summed E-state index contributed by atoms with van der Waals surface area (Å²) in [4.78, 5) is 31.0. The topological polar surface area (TPSA) is 112 Å². The molecule has 0 fully saturated rings. The number of fused-ring (bicyclic) bond motifs is 1. The number of aromatic nitrogens is 1. The Hall–Kier alpha value is -3.87. The quantitative estimate of drug-likeness (QED) is 0.264. The molecule has 1 aliphatic heterocycles. The number of non-ortho nitro benzene ring substituents is 1. The minimum absolute atomic E-state index is 0.107. The Morgan fingerprint density at radius 2 is 2.09 bits per heavy atom. The number of nitriles is 1. The molecule has 0 spiro atoms. The summed E-state index contributed by atoms with van der Waals surface area (Å²) in [6.45, 7) is 2.45. The second-order valence-electron chi connectivity index (χ2n) is 7.31. The van der Waals surface area contributed by atoms with Crippen molar-refractivity contribution in [2.45, 2.75) is 19.5 Å². The molecule has 0 saturated heterocycles. The number of anilines is 1. The van der Waals surface area contributed by atoms with Crippen molar-refractivity contribution >= 4 is 34.1 Å². The van der Waals surface area contributed by atoms with Crippen LogP contribution in [0.4, 0.5) is 10.8 Å². The Morgan fingerprint density at radius 3 is 2.84 bits per heavy atom. The highest BCUT2D eigenvalue weighted by Gasteiger charge is 2.22. The summed E-state index contributed by atoms with van der Waals surface area (Å²) in [6.07, 6.45) is 2.18. The summed E-state index contributed by atoms with van der Waals surface area (Å²) >= 11 is 1.42. The molecule has 0 radical (unpaired) electrons. The number of amides is 1. The summed E-state index contributed by atoms with van der Waals surface area (Å²) in [5.74, 6) is -0.591. The van der Waals surface area contributed by atoms with Crippen molar-refractivity contribution < 1.29 is 9.72 Å². The number of rotatable bonds is 6. The molecule has 2 heterocycles. The summed E-state index contributed by atoms with van der Waals surface area (Å²) in [5, 5.41) is 23.5. The molecule has 0 aliphatic carbocycles. The fraction of sp³-hybridized carbons (Fsp3) is 0.174. The number of nitrogens with zero attached hydrogens (tertiary/aromatic N) is 4. The van der Waals surface area contributed by atoms with E-state index in [4.69, 9.17) is 0 Å². The van der Waals surface area contributed by atoms with Gasteiger partial charge in [0.15, 0.2) is 5.13 Å². The molecule has 0 atom stereocenters. The van der Waals surface area contributed by atoms with Gasteiger partial charge in [-0.25, -0.2) is 4.98 Å². The highest BCUT2D eigenvalue weighted by atomic mass is 32.1. The van der Waals surface area contributed by atoms with Gasteiger partial charge in [-0.15, -0.1) is 11.3 Å². The van der Waals surface area contributed by atoms with E-state index in [2.05, 4.69) is 27.3 Å². The van der Waals surface area contributed by atoms with Gasteiger partial charge in [-0.3, -0.25) is 25.1 Å². The summed E-state index contributed by atoms with van der Waals surface area (Å²) in [6, 6.07) is 17.9. The second kappa shape index (κ2) is 9.51. The third-order valence-corrected chi connectivity index (χ3v) is 6.11. The van der Waals surface area contributed by atoms with Gasteiger partial charge in [0.25, 0.3) is 11.6 Å². The molecule has 1 aromatic heterocycles. The molecule has 160 valence electrons. The van der Waals surface area contributed by atoms with E-state index in [1.165, 1.54) is 41.2 Å². The van der Waals surface area contributed by atoms with Crippen LogP contribution in [0.3, 0.4) is 0 Å². The smallest absolute Gasteiger partial charge is 0.270 e. The van der Waals surface area contributed by atoms with Crippen molar-refractivity contribution in [2.75, 3.05) is 11.9 Å². The Bertz CT molecular complexity index is 1230. The number of nitro benzene ring substituents is 1. The van der Waals surface area contributed by atoms with Crippen LogP contribution in [0.1, 0.15) is 21.7 Å². The molecular weight excluding hydrogens is 426 g/mol. The van der Waals surface area contributed by atoms with Gasteiger partial charge < -0.3 is 0 Å². The standard InChI is InChI=1S/C23H19N5O3S/c24-13-18(11-17-7-4-8-19(12-17)28(30)31)22(29)26-23-25-20-15-27(10-9-21(20)32-23)14-16-5-2-1-3-6-16/h1-8,11-12H,9-10,14-15H2,(H,25,26,29)/b18-11+. The summed E-state index contributed by atoms with van der Waals surface area (Å²) in [7, 11) is 0. The first-order valence-electron chi connectivity index (χ1n) is 9.94. The van der Waals surface area contributed by atoms with Crippen LogP contribution in [0, 0.1) is 21.4 Å². The largest absolute Gasteiger partial charge is 0.297 e. The van der Waals surface area contributed by atoms with Crippen LogP contribution in [0.15, 0.2) is 60.2 Å². The molecule has 0 bridgehead atoms. The number of hydrogen-bond donors (Lipinski definition) is 1. The molecule has 3 aromatic rings. The highest BCUT2D eigenvalue weighted by molar-refractivity contribution is 7.15. The molecule has 1 N–H and O–H groups in total. The lowest BCUT2D eigenvalue weighted by molar-refractivity contribution is -0.384. The lowest BCUT2D eigenvalue weighted by atomic mass is 10.1. The van der Waals surface area contributed by atoms with E-state index in [0.717, 1.165) is 30.1 Å². The normalized spacial score (nSPS) is 13.8. The number of carbonyl (C=O) groups is 1. The zero-order valence-electron chi connectivity index (χ0n) is 17.0. The van der Waals surface area contributed by atoms with E-state index < -0.39 is 10.8 Å². The maximum atomic E-state index is 12.6. The number of nitro groups is 1. The molecule has 8 nitrogen and oxygen atoms in total. The van der Waals surface area contributed by atoms with E-state index in [0.29, 0.717) is 17.2 Å². The molecule has 0 saturated carbocycles. The first kappa shape index (κ1) is 21.4. The molecule has 1 amide bonds. The predicted octanol–water partition coefficient (Wildman–Crippen LogP) is 4.16. The third kappa shape index (κ3) is 5.06. The Kier molecular flexibility index (Phi) is 6.35. The third-order valence-electron chi connectivity index (χ3n) is 5.03. The number of carbonyl (C=O) groups excluding carboxylic acids is 1. The van der Waals surface area contributed by atoms with Gasteiger partial charge in [0.05, 0.1) is 10.6 Å². The molecule has 1 aliphatic rings. The lowest BCUT2D eigenvalue weighted by Crippen LogP contribution is -2.29. The van der Waals surface area contributed by atoms with Gasteiger partial charge in [-0.05, 0) is 23.6 Å². The average molecular weight is 446 g/mol. The fourth-order valence-corrected chi connectivity index (χ4v) is 4.44. The van der Waals surface area contributed by atoms with Crippen molar-refractivity contribution in [3.8, 4) is 6.07 Å². The van der Waals surface area contributed by atoms with Crippen LogP contribution in [-0.4, -0.2) is 27.3 Å². The maximum Gasteiger partial charge on any atom is 0.270 e. The minimum Gasteiger partial charge on any atom is -0.297 e. The van der Waals surface area contributed by atoms with Gasteiger partial charge >= 0.3 is 0 Å². The first-order valence-corrected chi connectivity index (χ1v) is 10.8. The number of benzene rings is 2. The number of hydrogen-bond acceptors (Lipinski definition) is 7. The van der Waals surface area contributed by atoms with E-state index in [9.17, 15) is 20.2 Å². The molecule has 2 aromatic carbocycles. The minimum atomic E-state index is -0.591. The van der Waals surface area contributed by atoms with Gasteiger partial charge in [0.2, 0.25) is 0 Å². The predicted molar refractivity (Wildman–Crippen MR) is 122 cm³/mol. The SMILES string of the molecule is N#C/C(=C\c1cccc([N+](=O)[O-])c1)C(=O)Nc1nc2c(s1)CCN(Cc1ccccc1)C2. The first-order chi connectivity index (χ1) is 15.5. The van der Waals surface area contributed by atoms with E-state index >= 15 is 0 Å². The summed E-state index contributed by atoms with van der Waals surface area (Å²) < 4.78 is 0. The molecular formula is C23H19N5O3S. The van der Waals surface area contributed by atoms with Crippen LogP contribution in [0.25, 0.3) is 6.08 Å². The van der Waals surface area contributed by atoms with E-state index in [1.807, 2.05) is 24.3 Å². The van der Waals surface area contributed by atoms with Crippen molar-refractivity contribution in [2.24, 2.45) is 0 Å². The van der Waals surface area contributed by atoms with Crippen LogP contribution in [-0.2, 0) is 24.3 Å². The van der Waals surface area contributed by atoms with E-state index in [1.54, 1.807) is 6.07 Å². The van der Waals surface area contributed by atoms with Crippen LogP contribution >= 0.6 is 11.3 Å². The fourth-order valence-electron chi connectivity index (χ4n) is 3.49. The molecule has 0 unspecified atom stereocenters. The monoisotopic (exact) mass is 445 g/mol. The zero-order chi connectivity index (χ0) is 22.5. The average Bonchev–Trinajstić information content (AvgIpc) is 3.19. The van der Waals surface area contributed by atoms with Gasteiger partial charge in [0.1, 0.15) is 11.6 Å². The zero-order valence-corrected chi connectivity index (χ0v) is 17.8. The molecule has 4 rings (SSSR count). The van der Waals surface area contributed by atoms with Gasteiger partial charge in [0, 0.05) is 36.6 Å². The number of thiazole rings is 1. The van der Waals surface area contributed by atoms with Crippen molar-refractivity contribution in [3.05, 3.63) is 92.0 Å². The van der Waals surface area contributed by atoms with Crippen LogP contribution in [0.2, 0.25) is 0 Å². The van der Waals surface area contributed by atoms with E-state index in [-0.39, 0.29) is 11.3 Å². The Balaban J connectivity index is 1.44. The van der Waals surface area contributed by atoms with Crippen molar-refractivity contribution in [1.29, 1.82) is 5.26 Å². The number of nitrogens with one attached hydrogen (secondary N) is 1. The highest BCUT2D eigenvalue weighted by Crippen LogP contribution is 2.29. The Morgan fingerprint density at radius 1 is 1.28 bits per heavy atom. The maximum absolute atomic E-state index is 12.6. The lowest BCUT2D eigenvalue weighted by Gasteiger charge is -2.25. The Labute approximate surface area is 188 Å². The van der Waals surface area contributed by atoms with Gasteiger partial charge in [-0.2, -0.15) is 5.26 Å². The summed E-state index contributed by atoms with van der Waals surface area (Å²) in [5.41, 5.74) is 2.33.